The molecule has 0 radical (unpaired) electrons. The lowest BCUT2D eigenvalue weighted by Gasteiger charge is -2.31. The lowest BCUT2D eigenvalue weighted by atomic mass is 10.1. The van der Waals surface area contributed by atoms with Crippen LogP contribution in [0.5, 0.6) is 0 Å². The molecule has 1 amide bonds. The van der Waals surface area contributed by atoms with Crippen LogP contribution in [0.4, 0.5) is 4.79 Å². The summed E-state index contributed by atoms with van der Waals surface area (Å²) in [5.41, 5.74) is 8.58. The van der Waals surface area contributed by atoms with Gasteiger partial charge in [-0.1, -0.05) is 24.3 Å². The van der Waals surface area contributed by atoms with Gasteiger partial charge in [0.15, 0.2) is 5.96 Å². The summed E-state index contributed by atoms with van der Waals surface area (Å²) >= 11 is 0. The first-order valence-corrected chi connectivity index (χ1v) is 10.2. The number of nitrogens with two attached hydrogens (primary N) is 1. The van der Waals surface area contributed by atoms with Gasteiger partial charge in [-0.25, -0.2) is 9.79 Å². The summed E-state index contributed by atoms with van der Waals surface area (Å²) in [5, 5.41) is 3.30. The fourth-order valence-corrected chi connectivity index (χ4v) is 3.16. The van der Waals surface area contributed by atoms with Crippen LogP contribution in [-0.4, -0.2) is 60.7 Å². The number of aliphatic imine (C=N–C) groups is 1. The maximum Gasteiger partial charge on any atom is 0.409 e. The van der Waals surface area contributed by atoms with E-state index in [9.17, 15) is 4.79 Å². The smallest absolute Gasteiger partial charge is 0.409 e. The zero-order valence-corrected chi connectivity index (χ0v) is 17.6. The first-order valence-electron chi connectivity index (χ1n) is 10.2. The van der Waals surface area contributed by atoms with Crippen molar-refractivity contribution in [3.05, 3.63) is 35.4 Å². The highest BCUT2D eigenvalue weighted by molar-refractivity contribution is 5.78. The number of piperidine rings is 1. The summed E-state index contributed by atoms with van der Waals surface area (Å²) in [5.74, 6) is 0.460. The summed E-state index contributed by atoms with van der Waals surface area (Å²) in [4.78, 5) is 20.4. The molecular formula is C21H35N5O2. The molecule has 7 nitrogen and oxygen atoms in total. The fourth-order valence-electron chi connectivity index (χ4n) is 3.16. The molecule has 0 atom stereocenters. The quantitative estimate of drug-likeness (QED) is 0.553. The van der Waals surface area contributed by atoms with E-state index < -0.39 is 0 Å². The molecular weight excluding hydrogens is 354 g/mol. The SMILES string of the molecule is CCOC(=O)N1CCC(NC(N)=NCc2ccccc2CN(C)C(C)C)CC1. The van der Waals surface area contributed by atoms with Gasteiger partial charge in [-0.05, 0) is 51.8 Å². The van der Waals surface area contributed by atoms with Crippen molar-refractivity contribution in [2.75, 3.05) is 26.7 Å². The Kier molecular flexibility index (Phi) is 8.57. The minimum absolute atomic E-state index is 0.231. The number of ether oxygens (including phenoxy) is 1. The second-order valence-corrected chi connectivity index (χ2v) is 7.58. The minimum Gasteiger partial charge on any atom is -0.450 e. The van der Waals surface area contributed by atoms with Gasteiger partial charge >= 0.3 is 6.09 Å². The Morgan fingerprint density at radius 3 is 2.57 bits per heavy atom. The van der Waals surface area contributed by atoms with Crippen molar-refractivity contribution < 1.29 is 9.53 Å². The molecule has 0 bridgehead atoms. The van der Waals surface area contributed by atoms with E-state index in [0.29, 0.717) is 38.2 Å². The third-order valence-corrected chi connectivity index (χ3v) is 5.21. The number of carbonyl (C=O) groups excluding carboxylic acids is 1. The maximum absolute atomic E-state index is 11.8. The zero-order valence-electron chi connectivity index (χ0n) is 17.6. The summed E-state index contributed by atoms with van der Waals surface area (Å²) < 4.78 is 5.05. The van der Waals surface area contributed by atoms with Crippen LogP contribution in [0.1, 0.15) is 44.7 Å². The predicted octanol–water partition coefficient (Wildman–Crippen LogP) is 2.55. The fraction of sp³-hybridized carbons (Fsp3) is 0.619. The number of hydrogen-bond donors (Lipinski definition) is 2. The number of nitrogens with one attached hydrogen (secondary N) is 1. The highest BCUT2D eigenvalue weighted by atomic mass is 16.6. The van der Waals surface area contributed by atoms with E-state index in [2.05, 4.69) is 54.3 Å². The first kappa shape index (κ1) is 22.0. The normalized spacial score (nSPS) is 15.9. The van der Waals surface area contributed by atoms with Crippen LogP contribution in [0.15, 0.2) is 29.3 Å². The minimum atomic E-state index is -0.231. The molecule has 3 N–H and O–H groups in total. The molecule has 7 heteroatoms. The van der Waals surface area contributed by atoms with Crippen LogP contribution >= 0.6 is 0 Å². The molecule has 0 aromatic heterocycles. The van der Waals surface area contributed by atoms with E-state index in [1.54, 1.807) is 4.90 Å². The van der Waals surface area contributed by atoms with Crippen molar-refractivity contribution in [3.63, 3.8) is 0 Å². The van der Waals surface area contributed by atoms with Crippen LogP contribution in [0.2, 0.25) is 0 Å². The highest BCUT2D eigenvalue weighted by Crippen LogP contribution is 2.14. The van der Waals surface area contributed by atoms with Crippen LogP contribution < -0.4 is 11.1 Å². The molecule has 0 aliphatic carbocycles. The molecule has 1 aliphatic heterocycles. The largest absolute Gasteiger partial charge is 0.450 e. The van der Waals surface area contributed by atoms with Crippen molar-refractivity contribution in [2.45, 2.75) is 58.8 Å². The summed E-state index contributed by atoms with van der Waals surface area (Å²) in [6.45, 7) is 9.41. The van der Waals surface area contributed by atoms with Gasteiger partial charge in [-0.2, -0.15) is 0 Å². The Labute approximate surface area is 168 Å². The van der Waals surface area contributed by atoms with Gasteiger partial charge < -0.3 is 20.7 Å². The molecule has 0 saturated carbocycles. The predicted molar refractivity (Wildman–Crippen MR) is 113 cm³/mol. The summed E-state index contributed by atoms with van der Waals surface area (Å²) in [7, 11) is 2.13. The van der Waals surface area contributed by atoms with E-state index in [-0.39, 0.29) is 12.1 Å². The van der Waals surface area contributed by atoms with Gasteiger partial charge in [0.05, 0.1) is 13.2 Å². The van der Waals surface area contributed by atoms with Gasteiger partial charge in [0.2, 0.25) is 0 Å². The van der Waals surface area contributed by atoms with Gasteiger partial charge in [0, 0.05) is 31.7 Å². The molecule has 1 aliphatic rings. The molecule has 0 unspecified atom stereocenters. The maximum atomic E-state index is 11.8. The van der Waals surface area contributed by atoms with Crippen LogP contribution in [0.3, 0.4) is 0 Å². The second-order valence-electron chi connectivity index (χ2n) is 7.58. The standard InChI is InChI=1S/C21H35N5O2/c1-5-28-21(27)26-12-10-19(11-13-26)24-20(22)23-14-17-8-6-7-9-18(17)15-25(4)16(2)3/h6-9,16,19H,5,10-15H2,1-4H3,(H3,22,23,24). The van der Waals surface area contributed by atoms with E-state index in [1.807, 2.05) is 13.0 Å². The van der Waals surface area contributed by atoms with Crippen molar-refractivity contribution in [1.82, 2.24) is 15.1 Å². The van der Waals surface area contributed by atoms with Crippen molar-refractivity contribution in [1.29, 1.82) is 0 Å². The van der Waals surface area contributed by atoms with Crippen LogP contribution in [0, 0.1) is 0 Å². The molecule has 1 heterocycles. The Balaban J connectivity index is 1.86. The van der Waals surface area contributed by atoms with E-state index in [0.717, 1.165) is 19.4 Å². The van der Waals surface area contributed by atoms with Crippen LogP contribution in [0.25, 0.3) is 0 Å². The third-order valence-electron chi connectivity index (χ3n) is 5.21. The van der Waals surface area contributed by atoms with E-state index >= 15 is 0 Å². The zero-order chi connectivity index (χ0) is 20.5. The van der Waals surface area contributed by atoms with E-state index in [4.69, 9.17) is 10.5 Å². The average molecular weight is 390 g/mol. The third kappa shape index (κ3) is 6.71. The van der Waals surface area contributed by atoms with Crippen molar-refractivity contribution >= 4 is 12.1 Å². The molecule has 1 saturated heterocycles. The number of amides is 1. The summed E-state index contributed by atoms with van der Waals surface area (Å²) in [6.07, 6.45) is 1.45. The number of nitrogens with zero attached hydrogens (tertiary/aromatic N) is 3. The number of carbonyl (C=O) groups is 1. The number of likely N-dealkylation sites (tertiary alicyclic amines) is 1. The van der Waals surface area contributed by atoms with Gasteiger partial charge in [-0.3, -0.25) is 4.90 Å². The number of benzene rings is 1. The summed E-state index contributed by atoms with van der Waals surface area (Å²) in [6, 6.07) is 9.09. The second kappa shape index (κ2) is 10.9. The number of hydrogen-bond acceptors (Lipinski definition) is 4. The molecule has 156 valence electrons. The Hall–Kier alpha value is -2.28. The van der Waals surface area contributed by atoms with Crippen molar-refractivity contribution in [3.8, 4) is 0 Å². The molecule has 1 aromatic carbocycles. The molecule has 1 aromatic rings. The average Bonchev–Trinajstić information content (AvgIpc) is 2.68. The Morgan fingerprint density at radius 2 is 1.96 bits per heavy atom. The lowest BCUT2D eigenvalue weighted by Crippen LogP contribution is -2.48. The molecule has 2 rings (SSSR count). The first-order chi connectivity index (χ1) is 13.4. The lowest BCUT2D eigenvalue weighted by molar-refractivity contribution is 0.0963. The van der Waals surface area contributed by atoms with Gasteiger partial charge in [-0.15, -0.1) is 0 Å². The Morgan fingerprint density at radius 1 is 1.32 bits per heavy atom. The highest BCUT2D eigenvalue weighted by Gasteiger charge is 2.23. The molecule has 0 spiro atoms. The topological polar surface area (TPSA) is 83.2 Å². The molecule has 1 fully saturated rings. The Bertz CT molecular complexity index is 654. The van der Waals surface area contributed by atoms with Gasteiger partial charge in [0.25, 0.3) is 0 Å². The van der Waals surface area contributed by atoms with Crippen LogP contribution in [-0.2, 0) is 17.8 Å². The van der Waals surface area contributed by atoms with Crippen molar-refractivity contribution in [2.24, 2.45) is 10.7 Å². The molecule has 28 heavy (non-hydrogen) atoms. The van der Waals surface area contributed by atoms with E-state index in [1.165, 1.54) is 11.1 Å². The van der Waals surface area contributed by atoms with Gasteiger partial charge in [0.1, 0.15) is 0 Å². The number of rotatable bonds is 7. The number of guanidine groups is 1. The monoisotopic (exact) mass is 389 g/mol.